The molecule has 0 aliphatic rings. The number of ether oxygens (including phenoxy) is 4. The van der Waals surface area contributed by atoms with Gasteiger partial charge in [-0.15, -0.1) is 0 Å². The van der Waals surface area contributed by atoms with Gasteiger partial charge in [0.15, 0.2) is 11.5 Å². The quantitative estimate of drug-likeness (QED) is 0.626. The number of benzene rings is 2. The van der Waals surface area contributed by atoms with Crippen molar-refractivity contribution in [3.8, 4) is 23.0 Å². The minimum absolute atomic E-state index is 0.194. The second-order valence-corrected chi connectivity index (χ2v) is 5.96. The minimum Gasteiger partial charge on any atom is -0.494 e. The van der Waals surface area contributed by atoms with E-state index >= 15 is 0 Å². The van der Waals surface area contributed by atoms with Crippen LogP contribution in [-0.4, -0.2) is 39.8 Å². The van der Waals surface area contributed by atoms with Gasteiger partial charge in [-0.1, -0.05) is 18.2 Å². The van der Waals surface area contributed by atoms with E-state index in [1.165, 1.54) is 33.5 Å². The molecule has 0 bridgehead atoms. The molecule has 0 radical (unpaired) electrons. The summed E-state index contributed by atoms with van der Waals surface area (Å²) in [7, 11) is 4.39. The zero-order valence-corrected chi connectivity index (χ0v) is 17.0. The number of carbonyl (C=O) groups excluding carboxylic acids is 2. The summed E-state index contributed by atoms with van der Waals surface area (Å²) in [5.74, 6) is 0.990. The van der Waals surface area contributed by atoms with E-state index in [0.29, 0.717) is 30.3 Å². The molecule has 2 amide bonds. The molecule has 2 rings (SSSR count). The van der Waals surface area contributed by atoms with Gasteiger partial charge in [-0.25, -0.2) is 0 Å². The summed E-state index contributed by atoms with van der Waals surface area (Å²) in [5, 5.41) is 0. The summed E-state index contributed by atoms with van der Waals surface area (Å²) < 4.78 is 21.2. The van der Waals surface area contributed by atoms with Crippen LogP contribution in [0, 0.1) is 0 Å². The van der Waals surface area contributed by atoms with Crippen LogP contribution in [-0.2, 0) is 11.2 Å². The largest absolute Gasteiger partial charge is 0.494 e. The molecule has 2 N–H and O–H groups in total. The van der Waals surface area contributed by atoms with Gasteiger partial charge in [0, 0.05) is 12.0 Å². The summed E-state index contributed by atoms with van der Waals surface area (Å²) in [5.41, 5.74) is 5.99. The highest BCUT2D eigenvalue weighted by atomic mass is 16.5. The number of aryl methyl sites for hydroxylation is 1. The molecule has 2 aromatic rings. The zero-order valence-electron chi connectivity index (χ0n) is 17.0. The lowest BCUT2D eigenvalue weighted by atomic mass is 10.1. The van der Waals surface area contributed by atoms with Crippen LogP contribution >= 0.6 is 0 Å². The minimum atomic E-state index is -0.507. The molecular weight excluding hydrogens is 376 g/mol. The zero-order chi connectivity index (χ0) is 21.2. The molecule has 156 valence electrons. The van der Waals surface area contributed by atoms with Crippen molar-refractivity contribution in [2.24, 2.45) is 0 Å². The molecule has 0 atom stereocenters. The third-order valence-electron chi connectivity index (χ3n) is 4.14. The highest BCUT2D eigenvalue weighted by Crippen LogP contribution is 2.38. The Balaban J connectivity index is 1.96. The average molecular weight is 402 g/mol. The van der Waals surface area contributed by atoms with Gasteiger partial charge >= 0.3 is 0 Å². The van der Waals surface area contributed by atoms with E-state index in [0.717, 1.165) is 11.3 Å². The van der Waals surface area contributed by atoms with Crippen LogP contribution in [0.2, 0.25) is 0 Å². The molecule has 0 aliphatic heterocycles. The predicted molar refractivity (Wildman–Crippen MR) is 108 cm³/mol. The Labute approximate surface area is 170 Å². The number of hydrogen-bond donors (Lipinski definition) is 2. The first-order chi connectivity index (χ1) is 14.0. The molecule has 0 spiro atoms. The normalized spacial score (nSPS) is 10.1. The fourth-order valence-electron chi connectivity index (χ4n) is 2.73. The number of carbonyl (C=O) groups is 2. The number of rotatable bonds is 9. The predicted octanol–water partition coefficient (Wildman–Crippen LogP) is 2.50. The van der Waals surface area contributed by atoms with E-state index < -0.39 is 5.91 Å². The monoisotopic (exact) mass is 402 g/mol. The molecule has 0 saturated carbocycles. The van der Waals surface area contributed by atoms with E-state index in [9.17, 15) is 9.59 Å². The van der Waals surface area contributed by atoms with Gasteiger partial charge in [0.1, 0.15) is 5.75 Å². The van der Waals surface area contributed by atoms with Crippen LogP contribution in [0.15, 0.2) is 36.4 Å². The van der Waals surface area contributed by atoms with Crippen molar-refractivity contribution in [1.82, 2.24) is 10.9 Å². The van der Waals surface area contributed by atoms with Crippen molar-refractivity contribution in [2.75, 3.05) is 27.9 Å². The van der Waals surface area contributed by atoms with Gasteiger partial charge in [-0.3, -0.25) is 20.4 Å². The second-order valence-electron chi connectivity index (χ2n) is 5.96. The van der Waals surface area contributed by atoms with Crippen molar-refractivity contribution in [1.29, 1.82) is 0 Å². The van der Waals surface area contributed by atoms with Gasteiger partial charge in [0.25, 0.3) is 5.91 Å². The number of hydrazine groups is 1. The third kappa shape index (κ3) is 5.78. The lowest BCUT2D eigenvalue weighted by Gasteiger charge is -2.14. The maximum absolute atomic E-state index is 12.4. The van der Waals surface area contributed by atoms with Crippen LogP contribution < -0.4 is 29.8 Å². The van der Waals surface area contributed by atoms with Crippen molar-refractivity contribution < 1.29 is 28.5 Å². The van der Waals surface area contributed by atoms with Crippen LogP contribution in [0.25, 0.3) is 0 Å². The molecule has 0 unspecified atom stereocenters. The van der Waals surface area contributed by atoms with Crippen LogP contribution in [0.4, 0.5) is 0 Å². The highest BCUT2D eigenvalue weighted by molar-refractivity contribution is 5.96. The third-order valence-corrected chi connectivity index (χ3v) is 4.14. The van der Waals surface area contributed by atoms with E-state index in [-0.39, 0.29) is 17.9 Å². The Kier molecular flexibility index (Phi) is 8.14. The number of amides is 2. The van der Waals surface area contributed by atoms with Gasteiger partial charge in [-0.05, 0) is 37.1 Å². The van der Waals surface area contributed by atoms with Gasteiger partial charge < -0.3 is 18.9 Å². The first-order valence-corrected chi connectivity index (χ1v) is 9.13. The number of nitrogens with one attached hydrogen (secondary N) is 2. The SMILES string of the molecule is CCOc1ccccc1CCC(=O)NNC(=O)c1cc(OC)c(OC)c(OC)c1. The standard InChI is InChI=1S/C21H26N2O6/c1-5-29-16-9-7-6-8-14(16)10-11-19(24)22-23-21(25)15-12-17(26-2)20(28-4)18(13-15)27-3/h6-9,12-13H,5,10-11H2,1-4H3,(H,22,24)(H,23,25). The lowest BCUT2D eigenvalue weighted by Crippen LogP contribution is -2.41. The summed E-state index contributed by atoms with van der Waals surface area (Å²) in [6.07, 6.45) is 0.682. The van der Waals surface area contributed by atoms with Crippen LogP contribution in [0.3, 0.4) is 0 Å². The van der Waals surface area contributed by atoms with Gasteiger partial charge in [0.2, 0.25) is 11.7 Å². The van der Waals surface area contributed by atoms with E-state index in [4.69, 9.17) is 18.9 Å². The van der Waals surface area contributed by atoms with Crippen LogP contribution in [0.1, 0.15) is 29.3 Å². The number of hydrogen-bond acceptors (Lipinski definition) is 6. The smallest absolute Gasteiger partial charge is 0.269 e. The molecule has 8 nitrogen and oxygen atoms in total. The Morgan fingerprint density at radius 2 is 1.55 bits per heavy atom. The molecule has 0 aromatic heterocycles. The first kappa shape index (κ1) is 21.9. The number of methoxy groups -OCH3 is 3. The van der Waals surface area contributed by atoms with Crippen molar-refractivity contribution in [3.05, 3.63) is 47.5 Å². The molecule has 0 fully saturated rings. The highest BCUT2D eigenvalue weighted by Gasteiger charge is 2.17. The van der Waals surface area contributed by atoms with E-state index in [1.807, 2.05) is 31.2 Å². The van der Waals surface area contributed by atoms with Crippen LogP contribution in [0.5, 0.6) is 23.0 Å². The Bertz CT molecular complexity index is 828. The average Bonchev–Trinajstić information content (AvgIpc) is 2.75. The topological polar surface area (TPSA) is 95.1 Å². The fraction of sp³-hybridized carbons (Fsp3) is 0.333. The number of para-hydroxylation sites is 1. The maximum Gasteiger partial charge on any atom is 0.269 e. The van der Waals surface area contributed by atoms with Crippen molar-refractivity contribution in [2.45, 2.75) is 19.8 Å². The Morgan fingerprint density at radius 3 is 2.14 bits per heavy atom. The lowest BCUT2D eigenvalue weighted by molar-refractivity contribution is -0.121. The van der Waals surface area contributed by atoms with E-state index in [2.05, 4.69) is 10.9 Å². The Hall–Kier alpha value is -3.42. The van der Waals surface area contributed by atoms with Crippen molar-refractivity contribution >= 4 is 11.8 Å². The summed E-state index contributed by atoms with van der Waals surface area (Å²) in [4.78, 5) is 24.5. The molecule has 29 heavy (non-hydrogen) atoms. The van der Waals surface area contributed by atoms with Gasteiger partial charge in [0.05, 0.1) is 27.9 Å². The van der Waals surface area contributed by atoms with Gasteiger partial charge in [-0.2, -0.15) is 0 Å². The molecule has 0 saturated heterocycles. The summed E-state index contributed by atoms with van der Waals surface area (Å²) in [6.45, 7) is 2.45. The molecule has 8 heteroatoms. The molecule has 0 aliphatic carbocycles. The Morgan fingerprint density at radius 1 is 0.897 bits per heavy atom. The summed E-state index contributed by atoms with van der Waals surface area (Å²) in [6, 6.07) is 10.5. The fourth-order valence-corrected chi connectivity index (χ4v) is 2.73. The molecular formula is C21H26N2O6. The first-order valence-electron chi connectivity index (χ1n) is 9.13. The van der Waals surface area contributed by atoms with Crippen molar-refractivity contribution in [3.63, 3.8) is 0 Å². The second kappa shape index (κ2) is 10.8. The molecule has 2 aromatic carbocycles. The maximum atomic E-state index is 12.4. The summed E-state index contributed by atoms with van der Waals surface area (Å²) >= 11 is 0. The molecule has 0 heterocycles. The van der Waals surface area contributed by atoms with E-state index in [1.54, 1.807) is 0 Å².